The third-order valence-corrected chi connectivity index (χ3v) is 3.13. The van der Waals surface area contributed by atoms with Crippen LogP contribution in [0.1, 0.15) is 20.8 Å². The van der Waals surface area contributed by atoms with Gasteiger partial charge in [0.25, 0.3) is 0 Å². The number of hydrogen-bond donors (Lipinski definition) is 1. The Morgan fingerprint density at radius 1 is 1.30 bits per heavy atom. The average Bonchev–Trinajstić information content (AvgIpc) is 2.70. The van der Waals surface area contributed by atoms with Crippen molar-refractivity contribution >= 4 is 34.5 Å². The van der Waals surface area contributed by atoms with Crippen molar-refractivity contribution in [3.8, 4) is 5.69 Å². The topological polar surface area (TPSA) is 56.1 Å². The monoisotopic (exact) mass is 385 g/mol. The van der Waals surface area contributed by atoms with Gasteiger partial charge < -0.3 is 4.74 Å². The zero-order valence-corrected chi connectivity index (χ0v) is 13.7. The van der Waals surface area contributed by atoms with Gasteiger partial charge in [0.2, 0.25) is 0 Å². The van der Waals surface area contributed by atoms with Gasteiger partial charge in [-0.05, 0) is 55.5 Å². The van der Waals surface area contributed by atoms with Gasteiger partial charge >= 0.3 is 6.09 Å². The lowest BCUT2D eigenvalue weighted by atomic mass is 10.2. The van der Waals surface area contributed by atoms with E-state index in [2.05, 4.69) is 33.0 Å². The molecule has 1 heterocycles. The number of nitrogens with one attached hydrogen (secondary N) is 1. The number of anilines is 1. The Bertz CT molecular complexity index is 603. The highest BCUT2D eigenvalue weighted by atomic mass is 127. The number of halogens is 1. The Morgan fingerprint density at radius 2 is 1.95 bits per heavy atom. The number of carbonyl (C=O) groups is 1. The maximum atomic E-state index is 11.9. The summed E-state index contributed by atoms with van der Waals surface area (Å²) >= 11 is 2.12. The number of benzene rings is 1. The minimum Gasteiger partial charge on any atom is -0.444 e. The van der Waals surface area contributed by atoms with Gasteiger partial charge in [0.1, 0.15) is 5.60 Å². The molecular formula is C14H16IN3O2. The molecule has 5 nitrogen and oxygen atoms in total. The van der Waals surface area contributed by atoms with Crippen molar-refractivity contribution in [2.24, 2.45) is 0 Å². The Kier molecular flexibility index (Phi) is 4.32. The standard InChI is InChI=1S/C14H16IN3O2/c1-14(2,3)20-13(19)17-12-11(15)9-16-18(12)10-7-5-4-6-8-10/h4-9H,1-3H3,(H,17,19). The quantitative estimate of drug-likeness (QED) is 0.800. The molecule has 6 heteroatoms. The van der Waals surface area contributed by atoms with Crippen LogP contribution in [0.5, 0.6) is 0 Å². The maximum Gasteiger partial charge on any atom is 0.413 e. The van der Waals surface area contributed by atoms with Crippen LogP contribution in [0.15, 0.2) is 36.5 Å². The highest BCUT2D eigenvalue weighted by Gasteiger charge is 2.19. The number of carbonyl (C=O) groups excluding carboxylic acids is 1. The molecule has 0 saturated heterocycles. The Labute approximate surface area is 131 Å². The highest BCUT2D eigenvalue weighted by molar-refractivity contribution is 14.1. The molecule has 1 N–H and O–H groups in total. The number of hydrogen-bond acceptors (Lipinski definition) is 3. The molecule has 0 unspecified atom stereocenters. The second kappa shape index (κ2) is 5.82. The first-order valence-corrected chi connectivity index (χ1v) is 7.23. The minimum absolute atomic E-state index is 0.493. The number of rotatable bonds is 2. The van der Waals surface area contributed by atoms with Crippen molar-refractivity contribution < 1.29 is 9.53 Å². The van der Waals surface area contributed by atoms with Crippen LogP contribution in [-0.2, 0) is 4.74 Å². The van der Waals surface area contributed by atoms with E-state index in [4.69, 9.17) is 4.74 Å². The molecule has 0 spiro atoms. The molecule has 0 radical (unpaired) electrons. The number of ether oxygens (including phenoxy) is 1. The van der Waals surface area contributed by atoms with Crippen molar-refractivity contribution in [3.05, 3.63) is 40.1 Å². The van der Waals surface area contributed by atoms with E-state index in [9.17, 15) is 4.79 Å². The molecule has 2 aromatic rings. The molecule has 0 saturated carbocycles. The summed E-state index contributed by atoms with van der Waals surface area (Å²) in [5.74, 6) is 0.603. The first kappa shape index (κ1) is 14.8. The molecule has 1 aromatic heterocycles. The van der Waals surface area contributed by atoms with Crippen LogP contribution in [0, 0.1) is 3.57 Å². The molecule has 106 valence electrons. The third-order valence-electron chi connectivity index (χ3n) is 2.34. The van der Waals surface area contributed by atoms with Gasteiger partial charge in [-0.15, -0.1) is 0 Å². The smallest absolute Gasteiger partial charge is 0.413 e. The van der Waals surface area contributed by atoms with Gasteiger partial charge in [-0.25, -0.2) is 9.48 Å². The molecule has 2 rings (SSSR count). The summed E-state index contributed by atoms with van der Waals surface area (Å²) in [6, 6.07) is 9.61. The molecule has 0 bridgehead atoms. The lowest BCUT2D eigenvalue weighted by Gasteiger charge is -2.20. The van der Waals surface area contributed by atoms with Crippen molar-refractivity contribution in [1.82, 2.24) is 9.78 Å². The molecular weight excluding hydrogens is 369 g/mol. The van der Waals surface area contributed by atoms with Gasteiger partial charge in [-0.2, -0.15) is 5.10 Å². The van der Waals surface area contributed by atoms with Crippen LogP contribution in [0.2, 0.25) is 0 Å². The van der Waals surface area contributed by atoms with Crippen LogP contribution >= 0.6 is 22.6 Å². The third kappa shape index (κ3) is 3.72. The van der Waals surface area contributed by atoms with E-state index in [0.717, 1.165) is 9.26 Å². The average molecular weight is 385 g/mol. The second-order valence-electron chi connectivity index (χ2n) is 5.22. The van der Waals surface area contributed by atoms with E-state index < -0.39 is 11.7 Å². The summed E-state index contributed by atoms with van der Waals surface area (Å²) in [5.41, 5.74) is 0.342. The Morgan fingerprint density at radius 3 is 2.55 bits per heavy atom. The first-order chi connectivity index (χ1) is 9.37. The molecule has 0 aliphatic carbocycles. The minimum atomic E-state index is -0.535. The maximum absolute atomic E-state index is 11.9. The fourth-order valence-corrected chi connectivity index (χ4v) is 2.09. The van der Waals surface area contributed by atoms with Crippen molar-refractivity contribution in [2.75, 3.05) is 5.32 Å². The van der Waals surface area contributed by atoms with Gasteiger partial charge in [0.15, 0.2) is 5.82 Å². The molecule has 1 aromatic carbocycles. The normalized spacial score (nSPS) is 11.2. The number of aromatic nitrogens is 2. The lowest BCUT2D eigenvalue weighted by Crippen LogP contribution is -2.28. The molecule has 0 atom stereocenters. The summed E-state index contributed by atoms with van der Waals surface area (Å²) in [7, 11) is 0. The summed E-state index contributed by atoms with van der Waals surface area (Å²) in [6.07, 6.45) is 1.20. The van der Waals surface area contributed by atoms with E-state index in [0.29, 0.717) is 5.82 Å². The second-order valence-corrected chi connectivity index (χ2v) is 6.38. The summed E-state index contributed by atoms with van der Waals surface area (Å²) in [4.78, 5) is 11.9. The highest BCUT2D eigenvalue weighted by Crippen LogP contribution is 2.22. The SMILES string of the molecule is CC(C)(C)OC(=O)Nc1c(I)cnn1-c1ccccc1. The predicted octanol–water partition coefficient (Wildman–Crippen LogP) is 3.82. The lowest BCUT2D eigenvalue weighted by molar-refractivity contribution is 0.0635. The largest absolute Gasteiger partial charge is 0.444 e. The molecule has 0 fully saturated rings. The zero-order valence-electron chi connectivity index (χ0n) is 11.6. The van der Waals surface area contributed by atoms with Crippen LogP contribution in [0.3, 0.4) is 0 Å². The van der Waals surface area contributed by atoms with Crippen molar-refractivity contribution in [3.63, 3.8) is 0 Å². The summed E-state index contributed by atoms with van der Waals surface area (Å²) in [6.45, 7) is 5.48. The van der Waals surface area contributed by atoms with Gasteiger partial charge in [-0.3, -0.25) is 5.32 Å². The van der Waals surface area contributed by atoms with Crippen molar-refractivity contribution in [1.29, 1.82) is 0 Å². The van der Waals surface area contributed by atoms with Crippen molar-refractivity contribution in [2.45, 2.75) is 26.4 Å². The molecule has 20 heavy (non-hydrogen) atoms. The summed E-state index contributed by atoms with van der Waals surface area (Å²) in [5, 5.41) is 7.02. The van der Waals surface area contributed by atoms with Crippen LogP contribution in [0.25, 0.3) is 5.69 Å². The van der Waals surface area contributed by atoms with Gasteiger partial charge in [0.05, 0.1) is 15.5 Å². The predicted molar refractivity (Wildman–Crippen MR) is 86.1 cm³/mol. The zero-order chi connectivity index (χ0) is 14.8. The van der Waals surface area contributed by atoms with Gasteiger partial charge in [0, 0.05) is 0 Å². The van der Waals surface area contributed by atoms with E-state index in [-0.39, 0.29) is 0 Å². The van der Waals surface area contributed by atoms with Crippen LogP contribution < -0.4 is 5.32 Å². The van der Waals surface area contributed by atoms with E-state index in [1.54, 1.807) is 10.9 Å². The van der Waals surface area contributed by atoms with Gasteiger partial charge in [-0.1, -0.05) is 18.2 Å². The van der Waals surface area contributed by atoms with E-state index in [1.165, 1.54) is 0 Å². The van der Waals surface area contributed by atoms with E-state index in [1.807, 2.05) is 51.1 Å². The molecule has 1 amide bonds. The van der Waals surface area contributed by atoms with Crippen LogP contribution in [0.4, 0.5) is 10.6 Å². The van der Waals surface area contributed by atoms with E-state index >= 15 is 0 Å². The number of nitrogens with zero attached hydrogens (tertiary/aromatic N) is 2. The fraction of sp³-hybridized carbons (Fsp3) is 0.286. The number of amides is 1. The Hall–Kier alpha value is -1.57. The van der Waals surface area contributed by atoms with Crippen LogP contribution in [-0.4, -0.2) is 21.5 Å². The fourth-order valence-electron chi connectivity index (χ4n) is 1.61. The Balaban J connectivity index is 2.25. The number of para-hydroxylation sites is 1. The molecule has 0 aliphatic heterocycles. The first-order valence-electron chi connectivity index (χ1n) is 6.16. The summed E-state index contributed by atoms with van der Waals surface area (Å²) < 4.78 is 7.78. The molecule has 0 aliphatic rings.